The minimum Gasteiger partial charge on any atom is -0.238 e. The quantitative estimate of drug-likeness (QED) is 0.389. The summed E-state index contributed by atoms with van der Waals surface area (Å²) in [7, 11) is 0. The van der Waals surface area contributed by atoms with E-state index in [9.17, 15) is 0 Å². The van der Waals surface area contributed by atoms with Crippen LogP contribution < -0.4 is 0 Å². The highest BCUT2D eigenvalue weighted by atomic mass is 35.5. The fraction of sp³-hybridized carbons (Fsp3) is 0. The van der Waals surface area contributed by atoms with Gasteiger partial charge >= 0.3 is 0 Å². The lowest BCUT2D eigenvalue weighted by Gasteiger charge is -1.99. The molecule has 0 bridgehead atoms. The second-order valence-corrected chi connectivity index (χ2v) is 3.29. The summed E-state index contributed by atoms with van der Waals surface area (Å²) in [6, 6.07) is 5.00. The second-order valence-electron chi connectivity index (χ2n) is 2.60. The van der Waals surface area contributed by atoms with Crippen LogP contribution in [0.1, 0.15) is 0 Å². The third-order valence-electron chi connectivity index (χ3n) is 1.73. The van der Waals surface area contributed by atoms with Gasteiger partial charge in [-0.25, -0.2) is 14.8 Å². The van der Waals surface area contributed by atoms with Crippen LogP contribution in [0.15, 0.2) is 18.2 Å². The average molecular weight is 224 g/mol. The molecule has 5 heteroatoms. The normalized spacial score (nSPS) is 10.1. The van der Waals surface area contributed by atoms with E-state index >= 15 is 0 Å². The molecule has 68 valence electrons. The first kappa shape index (κ1) is 9.20. The van der Waals surface area contributed by atoms with E-state index < -0.39 is 0 Å². The Balaban J connectivity index is 2.84. The molecule has 0 N–H and O–H groups in total. The Hall–Kier alpha value is -1.37. The smallest absolute Gasteiger partial charge is 0.224 e. The lowest BCUT2D eigenvalue weighted by atomic mass is 10.2. The summed E-state index contributed by atoms with van der Waals surface area (Å²) >= 11 is 11.5. The number of rotatable bonds is 0. The maximum atomic E-state index is 6.85. The molecule has 0 saturated heterocycles. The first-order valence-corrected chi connectivity index (χ1v) is 4.46. The average Bonchev–Trinajstić information content (AvgIpc) is 2.17. The van der Waals surface area contributed by atoms with Crippen LogP contribution in [-0.4, -0.2) is 9.97 Å². The molecule has 0 spiro atoms. The Bertz CT molecular complexity index is 545. The van der Waals surface area contributed by atoms with E-state index in [0.717, 1.165) is 0 Å². The van der Waals surface area contributed by atoms with Crippen molar-refractivity contribution in [1.29, 1.82) is 0 Å². The van der Waals surface area contributed by atoms with E-state index in [1.54, 1.807) is 18.2 Å². The van der Waals surface area contributed by atoms with Crippen molar-refractivity contribution >= 4 is 39.8 Å². The third-order valence-corrected chi connectivity index (χ3v) is 2.19. The highest BCUT2D eigenvalue weighted by molar-refractivity contribution is 6.35. The van der Waals surface area contributed by atoms with Crippen LogP contribution in [0.5, 0.6) is 0 Å². The lowest BCUT2D eigenvalue weighted by Crippen LogP contribution is -1.85. The van der Waals surface area contributed by atoms with Gasteiger partial charge in [0, 0.05) is 5.39 Å². The predicted molar refractivity (Wildman–Crippen MR) is 55.8 cm³/mol. The summed E-state index contributed by atoms with van der Waals surface area (Å²) in [5.74, 6) is 0. The molecular weight excluding hydrogens is 221 g/mol. The summed E-state index contributed by atoms with van der Waals surface area (Å²) in [4.78, 5) is 11.1. The number of benzene rings is 1. The molecule has 14 heavy (non-hydrogen) atoms. The van der Waals surface area contributed by atoms with Gasteiger partial charge in [-0.2, -0.15) is 0 Å². The number of hydrogen-bond acceptors (Lipinski definition) is 2. The molecule has 0 unspecified atom stereocenters. The number of fused-ring (bicyclic) bond motifs is 1. The summed E-state index contributed by atoms with van der Waals surface area (Å²) < 4.78 is 0. The first-order chi connectivity index (χ1) is 6.70. The van der Waals surface area contributed by atoms with E-state index in [-0.39, 0.29) is 10.4 Å². The Morgan fingerprint density at radius 2 is 2.00 bits per heavy atom. The molecule has 0 aliphatic rings. The highest BCUT2D eigenvalue weighted by Gasteiger charge is 2.04. The molecule has 1 heterocycles. The molecule has 0 atom stereocenters. The standard InChI is InChI=1S/C9H3Cl2N3/c1-12-5-2-3-7-6(4-5)8(10)14-9(11)13-7/h2-4H. The summed E-state index contributed by atoms with van der Waals surface area (Å²) in [5.41, 5.74) is 1.15. The molecule has 3 nitrogen and oxygen atoms in total. The number of nitrogens with zero attached hydrogens (tertiary/aromatic N) is 3. The van der Waals surface area contributed by atoms with Crippen molar-refractivity contribution in [2.75, 3.05) is 0 Å². The van der Waals surface area contributed by atoms with Gasteiger partial charge in [0.25, 0.3) is 0 Å². The molecule has 1 aromatic heterocycles. The number of aromatic nitrogens is 2. The van der Waals surface area contributed by atoms with Crippen molar-refractivity contribution in [3.05, 3.63) is 40.1 Å². The molecule has 0 fully saturated rings. The Labute approximate surface area is 90.1 Å². The van der Waals surface area contributed by atoms with Crippen molar-refractivity contribution in [2.24, 2.45) is 0 Å². The van der Waals surface area contributed by atoms with E-state index in [1.165, 1.54) is 0 Å². The third kappa shape index (κ3) is 1.50. The lowest BCUT2D eigenvalue weighted by molar-refractivity contribution is 1.22. The van der Waals surface area contributed by atoms with E-state index in [4.69, 9.17) is 29.8 Å². The number of halogens is 2. The second kappa shape index (κ2) is 3.41. The zero-order chi connectivity index (χ0) is 10.1. The van der Waals surface area contributed by atoms with Crippen LogP contribution in [0.4, 0.5) is 5.69 Å². The monoisotopic (exact) mass is 223 g/mol. The molecule has 0 radical (unpaired) electrons. The van der Waals surface area contributed by atoms with E-state index in [1.807, 2.05) is 0 Å². The SMILES string of the molecule is [C-]#[N+]c1ccc2nc(Cl)nc(Cl)c2c1. The fourth-order valence-electron chi connectivity index (χ4n) is 1.12. The first-order valence-electron chi connectivity index (χ1n) is 3.71. The van der Waals surface area contributed by atoms with Crippen LogP contribution in [0.3, 0.4) is 0 Å². The van der Waals surface area contributed by atoms with Crippen LogP contribution in [0.2, 0.25) is 10.4 Å². The van der Waals surface area contributed by atoms with Crippen LogP contribution in [0, 0.1) is 6.57 Å². The van der Waals surface area contributed by atoms with Gasteiger partial charge in [-0.1, -0.05) is 17.7 Å². The summed E-state index contributed by atoms with van der Waals surface area (Å²) in [5, 5.41) is 1.02. The molecule has 0 saturated carbocycles. The van der Waals surface area contributed by atoms with Gasteiger partial charge in [0.1, 0.15) is 5.15 Å². The zero-order valence-electron chi connectivity index (χ0n) is 6.83. The van der Waals surface area contributed by atoms with Gasteiger partial charge < -0.3 is 0 Å². The van der Waals surface area contributed by atoms with Gasteiger partial charge in [-0.15, -0.1) is 0 Å². The zero-order valence-corrected chi connectivity index (χ0v) is 8.34. The summed E-state index contributed by atoms with van der Waals surface area (Å²) in [6.45, 7) is 6.85. The van der Waals surface area contributed by atoms with Crippen molar-refractivity contribution in [2.45, 2.75) is 0 Å². The van der Waals surface area contributed by atoms with Crippen molar-refractivity contribution in [3.63, 3.8) is 0 Å². The molecule has 0 amide bonds. The fourth-order valence-corrected chi connectivity index (χ4v) is 1.57. The Morgan fingerprint density at radius 3 is 2.71 bits per heavy atom. The summed E-state index contributed by atoms with van der Waals surface area (Å²) in [6.07, 6.45) is 0. The molecule has 2 aromatic rings. The molecule has 0 aliphatic carbocycles. The van der Waals surface area contributed by atoms with Crippen LogP contribution in [-0.2, 0) is 0 Å². The Kier molecular flexibility index (Phi) is 2.24. The van der Waals surface area contributed by atoms with Crippen LogP contribution in [0.25, 0.3) is 15.7 Å². The van der Waals surface area contributed by atoms with Crippen molar-refractivity contribution < 1.29 is 0 Å². The number of hydrogen-bond donors (Lipinski definition) is 0. The largest absolute Gasteiger partial charge is 0.238 e. The molecule has 1 aromatic carbocycles. The van der Waals surface area contributed by atoms with Gasteiger partial charge in [0.05, 0.1) is 12.1 Å². The van der Waals surface area contributed by atoms with Crippen molar-refractivity contribution in [1.82, 2.24) is 9.97 Å². The van der Waals surface area contributed by atoms with Gasteiger partial charge in [-0.3, -0.25) is 0 Å². The molecule has 0 aliphatic heterocycles. The maximum Gasteiger partial charge on any atom is 0.224 e. The predicted octanol–water partition coefficient (Wildman–Crippen LogP) is 3.49. The van der Waals surface area contributed by atoms with E-state index in [2.05, 4.69) is 14.8 Å². The molecular formula is C9H3Cl2N3. The van der Waals surface area contributed by atoms with E-state index in [0.29, 0.717) is 16.6 Å². The molecule has 2 rings (SSSR count). The minimum atomic E-state index is 0.109. The van der Waals surface area contributed by atoms with Crippen molar-refractivity contribution in [3.8, 4) is 0 Å². The van der Waals surface area contributed by atoms with Gasteiger partial charge in [-0.05, 0) is 23.7 Å². The van der Waals surface area contributed by atoms with Gasteiger partial charge in [0.2, 0.25) is 5.28 Å². The topological polar surface area (TPSA) is 30.1 Å². The minimum absolute atomic E-state index is 0.109. The van der Waals surface area contributed by atoms with Gasteiger partial charge in [0.15, 0.2) is 5.69 Å². The Morgan fingerprint density at radius 1 is 1.21 bits per heavy atom. The van der Waals surface area contributed by atoms with Crippen LogP contribution >= 0.6 is 23.2 Å². The maximum absolute atomic E-state index is 6.85. The highest BCUT2D eigenvalue weighted by Crippen LogP contribution is 2.26.